The standard InChI is InChI=1S/C15H20N2O7/c1-4-22-11(18)6-7-12(19)24-8-10-13(14(20)23-5-2)9(3)16-15(21)17-10/h6-7,9H,4-5,8H2,1-3H3,(H2,16,17,21)/b7-6+/t9-/m1/s1. The zero-order valence-corrected chi connectivity index (χ0v) is 13.7. The highest BCUT2D eigenvalue weighted by atomic mass is 16.5. The van der Waals surface area contributed by atoms with Gasteiger partial charge < -0.3 is 24.8 Å². The first-order valence-electron chi connectivity index (χ1n) is 7.38. The summed E-state index contributed by atoms with van der Waals surface area (Å²) in [5, 5.41) is 4.93. The van der Waals surface area contributed by atoms with Gasteiger partial charge in [0, 0.05) is 12.2 Å². The van der Waals surface area contributed by atoms with E-state index in [0.717, 1.165) is 12.2 Å². The number of hydrogen-bond acceptors (Lipinski definition) is 7. The molecule has 0 spiro atoms. The molecule has 1 aliphatic rings. The van der Waals surface area contributed by atoms with Crippen LogP contribution in [-0.2, 0) is 28.6 Å². The fraction of sp³-hybridized carbons (Fsp3) is 0.467. The van der Waals surface area contributed by atoms with Gasteiger partial charge in [-0.25, -0.2) is 19.2 Å². The SMILES string of the molecule is CCOC(=O)/C=C/C(=O)OCC1=C(C(=O)OCC)[C@@H](C)NC(=O)N1. The number of ether oxygens (including phenoxy) is 3. The maximum absolute atomic E-state index is 12.0. The van der Waals surface area contributed by atoms with Gasteiger partial charge in [-0.2, -0.15) is 0 Å². The summed E-state index contributed by atoms with van der Waals surface area (Å²) in [6.07, 6.45) is 1.82. The smallest absolute Gasteiger partial charge is 0.338 e. The first-order chi connectivity index (χ1) is 11.4. The average Bonchev–Trinajstić information content (AvgIpc) is 2.50. The second kappa shape index (κ2) is 9.33. The molecule has 132 valence electrons. The van der Waals surface area contributed by atoms with Gasteiger partial charge >= 0.3 is 23.9 Å². The van der Waals surface area contributed by atoms with Crippen LogP contribution >= 0.6 is 0 Å². The Hall–Kier alpha value is -2.84. The molecule has 1 atom stereocenters. The van der Waals surface area contributed by atoms with Crippen molar-refractivity contribution in [1.82, 2.24) is 10.6 Å². The number of carbonyl (C=O) groups is 4. The molecule has 1 aliphatic heterocycles. The molecule has 2 N–H and O–H groups in total. The van der Waals surface area contributed by atoms with E-state index in [2.05, 4.69) is 15.4 Å². The second-order valence-corrected chi connectivity index (χ2v) is 4.63. The van der Waals surface area contributed by atoms with Gasteiger partial charge in [-0.05, 0) is 20.8 Å². The highest BCUT2D eigenvalue weighted by Gasteiger charge is 2.30. The van der Waals surface area contributed by atoms with E-state index in [1.807, 2.05) is 0 Å². The topological polar surface area (TPSA) is 120 Å². The van der Waals surface area contributed by atoms with E-state index < -0.39 is 30.0 Å². The molecular formula is C15H20N2O7. The Morgan fingerprint density at radius 2 is 1.62 bits per heavy atom. The van der Waals surface area contributed by atoms with Gasteiger partial charge in [0.2, 0.25) is 0 Å². The Morgan fingerprint density at radius 3 is 2.21 bits per heavy atom. The van der Waals surface area contributed by atoms with E-state index in [1.165, 1.54) is 0 Å². The Bertz CT molecular complexity index is 580. The Kier molecular flexibility index (Phi) is 7.47. The predicted molar refractivity (Wildman–Crippen MR) is 81.5 cm³/mol. The summed E-state index contributed by atoms with van der Waals surface area (Å²) >= 11 is 0. The normalized spacial score (nSPS) is 17.1. The van der Waals surface area contributed by atoms with Gasteiger partial charge in [0.25, 0.3) is 0 Å². The van der Waals surface area contributed by atoms with Crippen molar-refractivity contribution >= 4 is 23.9 Å². The molecule has 0 radical (unpaired) electrons. The van der Waals surface area contributed by atoms with E-state index in [4.69, 9.17) is 9.47 Å². The second-order valence-electron chi connectivity index (χ2n) is 4.63. The van der Waals surface area contributed by atoms with Crippen molar-refractivity contribution in [1.29, 1.82) is 0 Å². The van der Waals surface area contributed by atoms with E-state index >= 15 is 0 Å². The lowest BCUT2D eigenvalue weighted by Crippen LogP contribution is -2.50. The molecule has 2 amide bonds. The van der Waals surface area contributed by atoms with Gasteiger partial charge in [0.05, 0.1) is 30.5 Å². The van der Waals surface area contributed by atoms with E-state index in [-0.39, 0.29) is 31.1 Å². The Morgan fingerprint density at radius 1 is 1.04 bits per heavy atom. The fourth-order valence-corrected chi connectivity index (χ4v) is 1.91. The van der Waals surface area contributed by atoms with Crippen LogP contribution < -0.4 is 10.6 Å². The van der Waals surface area contributed by atoms with Crippen LogP contribution in [0.3, 0.4) is 0 Å². The molecule has 0 bridgehead atoms. The van der Waals surface area contributed by atoms with Crippen LogP contribution in [-0.4, -0.2) is 49.8 Å². The van der Waals surface area contributed by atoms with Crippen LogP contribution in [0.2, 0.25) is 0 Å². The summed E-state index contributed by atoms with van der Waals surface area (Å²) in [4.78, 5) is 46.2. The van der Waals surface area contributed by atoms with Crippen molar-refractivity contribution in [2.75, 3.05) is 19.8 Å². The maximum Gasteiger partial charge on any atom is 0.338 e. The third kappa shape index (κ3) is 5.75. The van der Waals surface area contributed by atoms with E-state index in [9.17, 15) is 19.2 Å². The minimum absolute atomic E-state index is 0.127. The molecule has 1 rings (SSSR count). The number of amides is 2. The number of rotatable bonds is 7. The van der Waals surface area contributed by atoms with Crippen LogP contribution in [0.5, 0.6) is 0 Å². The van der Waals surface area contributed by atoms with Crippen molar-refractivity contribution in [2.24, 2.45) is 0 Å². The maximum atomic E-state index is 12.0. The van der Waals surface area contributed by atoms with Crippen molar-refractivity contribution in [3.05, 3.63) is 23.4 Å². The van der Waals surface area contributed by atoms with Gasteiger partial charge in [0.1, 0.15) is 6.61 Å². The molecule has 0 aliphatic carbocycles. The van der Waals surface area contributed by atoms with E-state index in [1.54, 1.807) is 20.8 Å². The molecule has 24 heavy (non-hydrogen) atoms. The number of hydrogen-bond donors (Lipinski definition) is 2. The van der Waals surface area contributed by atoms with Crippen LogP contribution in [0.15, 0.2) is 23.4 Å². The summed E-state index contributed by atoms with van der Waals surface area (Å²) in [5.41, 5.74) is 0.293. The van der Waals surface area contributed by atoms with Crippen molar-refractivity contribution in [2.45, 2.75) is 26.8 Å². The third-order valence-corrected chi connectivity index (χ3v) is 2.87. The number of carbonyl (C=O) groups excluding carboxylic acids is 4. The quantitative estimate of drug-likeness (QED) is 0.385. The molecule has 0 saturated heterocycles. The molecule has 0 fully saturated rings. The summed E-state index contributed by atoms with van der Waals surface area (Å²) < 4.78 is 14.5. The zero-order chi connectivity index (χ0) is 18.1. The minimum atomic E-state index is -0.820. The monoisotopic (exact) mass is 340 g/mol. The largest absolute Gasteiger partial charge is 0.463 e. The lowest BCUT2D eigenvalue weighted by Gasteiger charge is -2.26. The highest BCUT2D eigenvalue weighted by Crippen LogP contribution is 2.14. The molecular weight excluding hydrogens is 320 g/mol. The molecule has 0 aromatic rings. The molecule has 0 saturated carbocycles. The van der Waals surface area contributed by atoms with Gasteiger partial charge in [0.15, 0.2) is 0 Å². The Labute approximate surface area is 139 Å². The van der Waals surface area contributed by atoms with Crippen LogP contribution in [0.4, 0.5) is 4.79 Å². The summed E-state index contributed by atoms with van der Waals surface area (Å²) in [7, 11) is 0. The van der Waals surface area contributed by atoms with Gasteiger partial charge in [-0.1, -0.05) is 0 Å². The summed E-state index contributed by atoms with van der Waals surface area (Å²) in [5.74, 6) is -2.12. The lowest BCUT2D eigenvalue weighted by molar-refractivity contribution is -0.140. The van der Waals surface area contributed by atoms with Gasteiger partial charge in [-0.15, -0.1) is 0 Å². The number of urea groups is 1. The lowest BCUT2D eigenvalue weighted by atomic mass is 10.0. The highest BCUT2D eigenvalue weighted by molar-refractivity contribution is 5.95. The van der Waals surface area contributed by atoms with Crippen molar-refractivity contribution in [3.8, 4) is 0 Å². The van der Waals surface area contributed by atoms with Crippen molar-refractivity contribution < 1.29 is 33.4 Å². The molecule has 9 heteroatoms. The van der Waals surface area contributed by atoms with Crippen LogP contribution in [0.1, 0.15) is 20.8 Å². The summed E-state index contributed by atoms with van der Waals surface area (Å²) in [6, 6.07) is -1.12. The molecule has 9 nitrogen and oxygen atoms in total. The zero-order valence-electron chi connectivity index (χ0n) is 13.7. The van der Waals surface area contributed by atoms with E-state index in [0.29, 0.717) is 0 Å². The van der Waals surface area contributed by atoms with Gasteiger partial charge in [-0.3, -0.25) is 0 Å². The molecule has 0 aromatic heterocycles. The fourth-order valence-electron chi connectivity index (χ4n) is 1.91. The average molecular weight is 340 g/mol. The predicted octanol–water partition coefficient (Wildman–Crippen LogP) is 0.167. The first-order valence-corrected chi connectivity index (χ1v) is 7.38. The van der Waals surface area contributed by atoms with Crippen LogP contribution in [0, 0.1) is 0 Å². The summed E-state index contributed by atoms with van der Waals surface area (Å²) in [6.45, 7) is 4.89. The Balaban J connectivity index is 2.78. The minimum Gasteiger partial charge on any atom is -0.463 e. The molecule has 1 heterocycles. The third-order valence-electron chi connectivity index (χ3n) is 2.87. The molecule has 0 unspecified atom stereocenters. The number of nitrogens with one attached hydrogen (secondary N) is 2. The first kappa shape index (κ1) is 19.2. The van der Waals surface area contributed by atoms with Crippen LogP contribution in [0.25, 0.3) is 0 Å². The number of esters is 3. The molecule has 0 aromatic carbocycles. The van der Waals surface area contributed by atoms with Crippen molar-refractivity contribution in [3.63, 3.8) is 0 Å².